The first-order valence-electron chi connectivity index (χ1n) is 5.26. The molecule has 0 aliphatic heterocycles. The third-order valence-electron chi connectivity index (χ3n) is 2.22. The van der Waals surface area contributed by atoms with Gasteiger partial charge in [0, 0.05) is 24.9 Å². The summed E-state index contributed by atoms with van der Waals surface area (Å²) in [6.45, 7) is 0.0524. The first-order valence-corrected chi connectivity index (χ1v) is 7.32. The molecule has 9 heteroatoms. The van der Waals surface area contributed by atoms with E-state index in [0.717, 1.165) is 12.3 Å². The molecule has 0 saturated heterocycles. The zero-order valence-electron chi connectivity index (χ0n) is 10.0. The van der Waals surface area contributed by atoms with E-state index in [-0.39, 0.29) is 24.4 Å². The van der Waals surface area contributed by atoms with E-state index < -0.39 is 32.1 Å². The van der Waals surface area contributed by atoms with Crippen LogP contribution in [0.15, 0.2) is 12.1 Å². The number of benzene rings is 1. The van der Waals surface area contributed by atoms with E-state index in [0.29, 0.717) is 6.07 Å². The molecule has 19 heavy (non-hydrogen) atoms. The largest absolute Gasteiger partial charge is 0.379 e. The van der Waals surface area contributed by atoms with E-state index in [1.807, 2.05) is 0 Å². The minimum Gasteiger partial charge on any atom is -0.379 e. The Morgan fingerprint density at radius 3 is 2.53 bits per heavy atom. The highest BCUT2D eigenvalue weighted by Gasteiger charge is 2.21. The van der Waals surface area contributed by atoms with Gasteiger partial charge in [-0.05, 0) is 6.42 Å². The lowest BCUT2D eigenvalue weighted by Crippen LogP contribution is -2.11. The van der Waals surface area contributed by atoms with Crippen LogP contribution >= 0.6 is 0 Å². The van der Waals surface area contributed by atoms with E-state index >= 15 is 0 Å². The smallest absolute Gasteiger partial charge is 0.327 e. The second-order valence-corrected chi connectivity index (χ2v) is 6.21. The second kappa shape index (κ2) is 5.91. The summed E-state index contributed by atoms with van der Waals surface area (Å²) in [4.78, 5) is 9.69. The van der Waals surface area contributed by atoms with Gasteiger partial charge in [-0.1, -0.05) is 0 Å². The summed E-state index contributed by atoms with van der Waals surface area (Å²) < 4.78 is 48.0. The standard InChI is InChI=1S/C10H12F2N2O4S/c1-19(17,18)4-2-3-13-9-6-7(11)5-8(12)10(9)14(15)16/h5-6,13H,2-4H2,1H3. The SMILES string of the molecule is CS(=O)(=O)CCCNc1cc(F)cc(F)c1[N+](=O)[O-]. The molecule has 1 aromatic rings. The first-order chi connectivity index (χ1) is 8.70. The molecule has 0 radical (unpaired) electrons. The lowest BCUT2D eigenvalue weighted by atomic mass is 10.2. The van der Waals surface area contributed by atoms with Crippen molar-refractivity contribution < 1.29 is 22.1 Å². The van der Waals surface area contributed by atoms with Crippen molar-refractivity contribution in [3.63, 3.8) is 0 Å². The summed E-state index contributed by atoms with van der Waals surface area (Å²) in [6, 6.07) is 1.21. The summed E-state index contributed by atoms with van der Waals surface area (Å²) in [7, 11) is -3.14. The van der Waals surface area contributed by atoms with E-state index in [4.69, 9.17) is 0 Å². The fourth-order valence-electron chi connectivity index (χ4n) is 1.44. The molecular weight excluding hydrogens is 282 g/mol. The number of sulfone groups is 1. The summed E-state index contributed by atoms with van der Waals surface area (Å²) >= 11 is 0. The Balaban J connectivity index is 2.80. The van der Waals surface area contributed by atoms with Crippen molar-refractivity contribution in [1.82, 2.24) is 0 Å². The zero-order valence-corrected chi connectivity index (χ0v) is 10.8. The Morgan fingerprint density at radius 1 is 1.37 bits per heavy atom. The van der Waals surface area contributed by atoms with Crippen LogP contribution in [0.3, 0.4) is 0 Å². The third kappa shape index (κ3) is 4.78. The molecular formula is C10H12F2N2O4S. The molecule has 106 valence electrons. The number of nitrogens with zero attached hydrogens (tertiary/aromatic N) is 1. The summed E-state index contributed by atoms with van der Waals surface area (Å²) in [5.74, 6) is -2.35. The van der Waals surface area contributed by atoms with Gasteiger partial charge in [-0.15, -0.1) is 0 Å². The molecule has 0 heterocycles. The number of nitro groups is 1. The molecule has 0 unspecified atom stereocenters. The van der Waals surface area contributed by atoms with E-state index in [1.54, 1.807) is 0 Å². The molecule has 1 aromatic carbocycles. The van der Waals surface area contributed by atoms with Crippen LogP contribution in [-0.4, -0.2) is 31.9 Å². The van der Waals surface area contributed by atoms with Gasteiger partial charge in [0.05, 0.1) is 10.7 Å². The topological polar surface area (TPSA) is 89.3 Å². The van der Waals surface area contributed by atoms with Crippen LogP contribution in [0.25, 0.3) is 0 Å². The second-order valence-electron chi connectivity index (χ2n) is 3.95. The number of anilines is 1. The Kier molecular flexibility index (Phi) is 4.76. The van der Waals surface area contributed by atoms with Crippen molar-refractivity contribution in [3.05, 3.63) is 33.9 Å². The summed E-state index contributed by atoms with van der Waals surface area (Å²) in [5, 5.41) is 13.1. The van der Waals surface area contributed by atoms with Crippen LogP contribution in [0.4, 0.5) is 20.2 Å². The van der Waals surface area contributed by atoms with E-state index in [9.17, 15) is 27.3 Å². The molecule has 0 saturated carbocycles. The van der Waals surface area contributed by atoms with Crippen molar-refractivity contribution in [2.24, 2.45) is 0 Å². The van der Waals surface area contributed by atoms with Crippen molar-refractivity contribution in [2.75, 3.05) is 23.9 Å². The quantitative estimate of drug-likeness (QED) is 0.490. The van der Waals surface area contributed by atoms with Crippen LogP contribution in [0.2, 0.25) is 0 Å². The maximum atomic E-state index is 13.2. The summed E-state index contributed by atoms with van der Waals surface area (Å²) in [6.07, 6.45) is 1.23. The maximum absolute atomic E-state index is 13.2. The number of hydrogen-bond acceptors (Lipinski definition) is 5. The van der Waals surface area contributed by atoms with Gasteiger partial charge >= 0.3 is 5.69 Å². The molecule has 0 fully saturated rings. The molecule has 0 bridgehead atoms. The fraction of sp³-hybridized carbons (Fsp3) is 0.400. The van der Waals surface area contributed by atoms with Crippen LogP contribution in [0.1, 0.15) is 6.42 Å². The van der Waals surface area contributed by atoms with Gasteiger partial charge in [-0.3, -0.25) is 10.1 Å². The monoisotopic (exact) mass is 294 g/mol. The molecule has 1 N–H and O–H groups in total. The minimum absolute atomic E-state index is 0.0524. The van der Waals surface area contributed by atoms with Crippen molar-refractivity contribution in [3.8, 4) is 0 Å². The van der Waals surface area contributed by atoms with Crippen LogP contribution < -0.4 is 5.32 Å². The Labute approximate surface area is 108 Å². The molecule has 0 aliphatic rings. The molecule has 0 amide bonds. The first kappa shape index (κ1) is 15.3. The number of rotatable bonds is 6. The number of nitro benzene ring substituents is 1. The average Bonchev–Trinajstić information content (AvgIpc) is 2.21. The Bertz CT molecular complexity index is 589. The van der Waals surface area contributed by atoms with E-state index in [1.165, 1.54) is 0 Å². The highest BCUT2D eigenvalue weighted by molar-refractivity contribution is 7.90. The lowest BCUT2D eigenvalue weighted by molar-refractivity contribution is -0.386. The van der Waals surface area contributed by atoms with Gasteiger partial charge in [0.25, 0.3) is 0 Å². The van der Waals surface area contributed by atoms with Gasteiger partial charge in [0.1, 0.15) is 21.3 Å². The normalized spacial score (nSPS) is 11.3. The van der Waals surface area contributed by atoms with Gasteiger partial charge in [0.15, 0.2) is 0 Å². The lowest BCUT2D eigenvalue weighted by Gasteiger charge is -2.07. The van der Waals surface area contributed by atoms with Crippen LogP contribution in [0.5, 0.6) is 0 Å². The van der Waals surface area contributed by atoms with Crippen molar-refractivity contribution in [2.45, 2.75) is 6.42 Å². The highest BCUT2D eigenvalue weighted by atomic mass is 32.2. The van der Waals surface area contributed by atoms with Gasteiger partial charge in [-0.2, -0.15) is 4.39 Å². The fourth-order valence-corrected chi connectivity index (χ4v) is 2.11. The molecule has 0 aliphatic carbocycles. The Morgan fingerprint density at radius 2 is 2.00 bits per heavy atom. The Hall–Kier alpha value is -1.77. The average molecular weight is 294 g/mol. The highest BCUT2D eigenvalue weighted by Crippen LogP contribution is 2.28. The summed E-state index contributed by atoms with van der Waals surface area (Å²) in [5.41, 5.74) is -1.17. The maximum Gasteiger partial charge on any atom is 0.327 e. The van der Waals surface area contributed by atoms with Gasteiger partial charge < -0.3 is 5.32 Å². The molecule has 0 spiro atoms. The number of hydrogen-bond donors (Lipinski definition) is 1. The number of nitrogens with one attached hydrogen (secondary N) is 1. The molecule has 0 atom stereocenters. The predicted molar refractivity (Wildman–Crippen MR) is 65.8 cm³/mol. The predicted octanol–water partition coefficient (Wildman–Crippen LogP) is 1.72. The molecule has 6 nitrogen and oxygen atoms in total. The zero-order chi connectivity index (χ0) is 14.6. The van der Waals surface area contributed by atoms with Gasteiger partial charge in [-0.25, -0.2) is 12.8 Å². The molecule has 0 aromatic heterocycles. The van der Waals surface area contributed by atoms with Crippen molar-refractivity contribution >= 4 is 21.2 Å². The minimum atomic E-state index is -3.14. The third-order valence-corrected chi connectivity index (χ3v) is 3.25. The molecule has 1 rings (SSSR count). The van der Waals surface area contributed by atoms with Crippen LogP contribution in [-0.2, 0) is 9.84 Å². The van der Waals surface area contributed by atoms with E-state index in [2.05, 4.69) is 5.32 Å². The van der Waals surface area contributed by atoms with Crippen molar-refractivity contribution in [1.29, 1.82) is 0 Å². The van der Waals surface area contributed by atoms with Crippen LogP contribution in [0, 0.1) is 21.7 Å². The van der Waals surface area contributed by atoms with Gasteiger partial charge in [0.2, 0.25) is 5.82 Å². The number of halogens is 2.